The van der Waals surface area contributed by atoms with Crippen LogP contribution in [-0.4, -0.2) is 16.0 Å². The number of fused-ring (bicyclic) bond motifs is 1. The number of aromatic nitrogens is 1. The number of thiocarbonyl (C=S) groups is 1. The van der Waals surface area contributed by atoms with Crippen molar-refractivity contribution in [3.8, 4) is 10.4 Å². The van der Waals surface area contributed by atoms with E-state index in [4.69, 9.17) is 5.73 Å². The van der Waals surface area contributed by atoms with E-state index >= 15 is 0 Å². The molecule has 0 aliphatic carbocycles. The van der Waals surface area contributed by atoms with Gasteiger partial charge >= 0.3 is 6.18 Å². The van der Waals surface area contributed by atoms with Crippen LogP contribution in [-0.2, 0) is 6.18 Å². The van der Waals surface area contributed by atoms with E-state index in [1.807, 2.05) is 0 Å². The number of amides is 1. The summed E-state index contributed by atoms with van der Waals surface area (Å²) in [6.45, 7) is 0. The molecule has 25 heavy (non-hydrogen) atoms. The Bertz CT molecular complexity index is 950. The van der Waals surface area contributed by atoms with Gasteiger partial charge in [-0.3, -0.25) is 20.6 Å². The van der Waals surface area contributed by atoms with E-state index in [1.165, 1.54) is 11.3 Å². The van der Waals surface area contributed by atoms with Crippen LogP contribution in [0.1, 0.15) is 15.2 Å². The number of hydrogen-bond acceptors (Lipinski definition) is 5. The minimum Gasteiger partial charge on any atom is -0.375 e. The Hall–Kier alpha value is -2.24. The molecule has 5 nitrogen and oxygen atoms in total. The van der Waals surface area contributed by atoms with Crippen molar-refractivity contribution in [2.45, 2.75) is 6.18 Å². The van der Waals surface area contributed by atoms with Crippen LogP contribution in [0.25, 0.3) is 20.7 Å². The molecule has 0 radical (unpaired) electrons. The van der Waals surface area contributed by atoms with Crippen LogP contribution in [0.15, 0.2) is 29.8 Å². The molecule has 0 aliphatic rings. The third kappa shape index (κ3) is 3.57. The number of carbonyl (C=O) groups excluding carboxylic acids is 1. The number of hydrogen-bond donors (Lipinski definition) is 3. The van der Waals surface area contributed by atoms with Gasteiger partial charge in [-0.15, -0.1) is 22.7 Å². The Labute approximate surface area is 152 Å². The zero-order chi connectivity index (χ0) is 18.2. The van der Waals surface area contributed by atoms with Crippen LogP contribution in [0.3, 0.4) is 0 Å². The van der Waals surface area contributed by atoms with E-state index in [9.17, 15) is 18.0 Å². The summed E-state index contributed by atoms with van der Waals surface area (Å²) in [5.74, 6) is -0.562. The topological polar surface area (TPSA) is 80.0 Å². The number of pyridine rings is 1. The van der Waals surface area contributed by atoms with Crippen LogP contribution in [0.2, 0.25) is 0 Å². The molecule has 0 bridgehead atoms. The second-order valence-corrected chi connectivity index (χ2v) is 7.24. The number of thiophene rings is 2. The quantitative estimate of drug-likeness (QED) is 0.452. The summed E-state index contributed by atoms with van der Waals surface area (Å²) in [6.07, 6.45) is -3.74. The van der Waals surface area contributed by atoms with Crippen molar-refractivity contribution in [1.82, 2.24) is 15.8 Å². The Kier molecular flexibility index (Phi) is 4.62. The molecular weight excluding hydrogens is 393 g/mol. The number of hydrazine groups is 1. The third-order valence-corrected chi connectivity index (χ3v) is 5.24. The monoisotopic (exact) mass is 402 g/mol. The molecule has 0 saturated heterocycles. The fraction of sp³-hybridized carbons (Fsp3) is 0.0714. The molecule has 3 rings (SSSR count). The van der Waals surface area contributed by atoms with E-state index in [1.54, 1.807) is 17.5 Å². The van der Waals surface area contributed by atoms with Crippen LogP contribution in [0, 0.1) is 0 Å². The van der Waals surface area contributed by atoms with Crippen molar-refractivity contribution in [2.24, 2.45) is 5.73 Å². The van der Waals surface area contributed by atoms with Gasteiger partial charge in [-0.25, -0.2) is 0 Å². The van der Waals surface area contributed by atoms with Crippen molar-refractivity contribution in [1.29, 1.82) is 0 Å². The van der Waals surface area contributed by atoms with Crippen molar-refractivity contribution >= 4 is 56.1 Å². The van der Waals surface area contributed by atoms with Gasteiger partial charge in [0.15, 0.2) is 5.11 Å². The first-order valence-corrected chi connectivity index (χ1v) is 8.77. The van der Waals surface area contributed by atoms with Crippen LogP contribution in [0.4, 0.5) is 13.2 Å². The summed E-state index contributed by atoms with van der Waals surface area (Å²) in [4.78, 5) is 17.3. The standard InChI is InChI=1S/C14H9F3N4OS3/c15-14(16,17)6-4-8-10(19-5-6)9(7-2-1-3-24-7)11(25-8)12(22)20-21-13(18)23/h1-5H,(H,20,22)(H3,18,21,23). The maximum absolute atomic E-state index is 12.9. The first-order chi connectivity index (χ1) is 11.8. The highest BCUT2D eigenvalue weighted by Gasteiger charge is 2.32. The fourth-order valence-electron chi connectivity index (χ4n) is 2.12. The predicted molar refractivity (Wildman–Crippen MR) is 95.3 cm³/mol. The first-order valence-electron chi connectivity index (χ1n) is 6.67. The number of halogens is 3. The van der Waals surface area contributed by atoms with Gasteiger partial charge in [0.25, 0.3) is 5.91 Å². The lowest BCUT2D eigenvalue weighted by molar-refractivity contribution is -0.137. The lowest BCUT2D eigenvalue weighted by atomic mass is 10.1. The van der Waals surface area contributed by atoms with Gasteiger partial charge in [0.05, 0.1) is 15.8 Å². The summed E-state index contributed by atoms with van der Waals surface area (Å²) in [7, 11) is 0. The molecule has 0 aromatic carbocycles. The normalized spacial score (nSPS) is 11.5. The molecule has 3 heterocycles. The molecule has 3 aromatic rings. The number of nitrogens with one attached hydrogen (secondary N) is 2. The highest BCUT2D eigenvalue weighted by molar-refractivity contribution is 7.80. The Morgan fingerprint density at radius 3 is 2.68 bits per heavy atom. The number of carbonyl (C=O) groups is 1. The summed E-state index contributed by atoms with van der Waals surface area (Å²) in [6, 6.07) is 4.54. The van der Waals surface area contributed by atoms with E-state index in [2.05, 4.69) is 28.1 Å². The molecule has 4 N–H and O–H groups in total. The van der Waals surface area contributed by atoms with Gasteiger partial charge in [-0.1, -0.05) is 6.07 Å². The minimum absolute atomic E-state index is 0.135. The summed E-state index contributed by atoms with van der Waals surface area (Å²) in [5, 5.41) is 1.67. The first kappa shape index (κ1) is 17.6. The number of rotatable bonds is 2. The van der Waals surface area contributed by atoms with E-state index < -0.39 is 17.6 Å². The van der Waals surface area contributed by atoms with Crippen molar-refractivity contribution in [3.63, 3.8) is 0 Å². The third-order valence-electron chi connectivity index (χ3n) is 3.13. The number of nitrogens with two attached hydrogens (primary N) is 1. The van der Waals surface area contributed by atoms with E-state index in [0.717, 1.165) is 28.5 Å². The predicted octanol–water partition coefficient (Wildman–Crippen LogP) is 3.52. The number of nitrogens with zero attached hydrogens (tertiary/aromatic N) is 1. The average molecular weight is 402 g/mol. The van der Waals surface area contributed by atoms with Crippen LogP contribution < -0.4 is 16.6 Å². The van der Waals surface area contributed by atoms with E-state index in [0.29, 0.717) is 11.1 Å². The maximum Gasteiger partial charge on any atom is 0.417 e. The second-order valence-electron chi connectivity index (χ2n) is 4.80. The van der Waals surface area contributed by atoms with Crippen molar-refractivity contribution < 1.29 is 18.0 Å². The SMILES string of the molecule is NC(=S)NNC(=O)c1sc2cc(C(F)(F)F)cnc2c1-c1cccs1. The molecule has 0 spiro atoms. The Morgan fingerprint density at radius 2 is 2.08 bits per heavy atom. The largest absolute Gasteiger partial charge is 0.417 e. The molecular formula is C14H9F3N4OS3. The van der Waals surface area contributed by atoms with Gasteiger partial charge in [-0.05, 0) is 29.7 Å². The van der Waals surface area contributed by atoms with Gasteiger partial charge in [0, 0.05) is 16.6 Å². The van der Waals surface area contributed by atoms with Crippen molar-refractivity contribution in [2.75, 3.05) is 0 Å². The average Bonchev–Trinajstić information content (AvgIpc) is 3.17. The Morgan fingerprint density at radius 1 is 1.32 bits per heavy atom. The molecule has 0 aliphatic heterocycles. The van der Waals surface area contributed by atoms with Crippen LogP contribution >= 0.6 is 34.9 Å². The van der Waals surface area contributed by atoms with Gasteiger partial charge in [0.1, 0.15) is 4.88 Å². The van der Waals surface area contributed by atoms with Gasteiger partial charge < -0.3 is 5.73 Å². The lowest BCUT2D eigenvalue weighted by Crippen LogP contribution is -2.44. The van der Waals surface area contributed by atoms with E-state index in [-0.39, 0.29) is 14.7 Å². The molecule has 0 fully saturated rings. The second kappa shape index (κ2) is 6.58. The molecule has 1 amide bonds. The van der Waals surface area contributed by atoms with Gasteiger partial charge in [0.2, 0.25) is 0 Å². The highest BCUT2D eigenvalue weighted by atomic mass is 32.1. The zero-order valence-corrected chi connectivity index (χ0v) is 14.6. The molecule has 3 aromatic heterocycles. The molecule has 130 valence electrons. The maximum atomic E-state index is 12.9. The number of alkyl halides is 3. The van der Waals surface area contributed by atoms with Crippen LogP contribution in [0.5, 0.6) is 0 Å². The highest BCUT2D eigenvalue weighted by Crippen LogP contribution is 2.41. The molecule has 0 atom stereocenters. The van der Waals surface area contributed by atoms with Gasteiger partial charge in [-0.2, -0.15) is 13.2 Å². The fourth-order valence-corrected chi connectivity index (χ4v) is 4.12. The minimum atomic E-state index is -4.51. The molecule has 0 saturated carbocycles. The zero-order valence-electron chi connectivity index (χ0n) is 12.2. The molecule has 0 unspecified atom stereocenters. The lowest BCUT2D eigenvalue weighted by Gasteiger charge is -2.06. The summed E-state index contributed by atoms with van der Waals surface area (Å²) < 4.78 is 39.0. The van der Waals surface area contributed by atoms with Crippen molar-refractivity contribution in [3.05, 3.63) is 40.2 Å². The Balaban J connectivity index is 2.15. The summed E-state index contributed by atoms with van der Waals surface area (Å²) >= 11 is 6.89. The summed E-state index contributed by atoms with van der Waals surface area (Å²) in [5.41, 5.74) is 9.84. The smallest absolute Gasteiger partial charge is 0.375 e. The molecule has 11 heteroatoms.